The quantitative estimate of drug-likeness (QED) is 0.172. The summed E-state index contributed by atoms with van der Waals surface area (Å²) in [5, 5.41) is 4.79. The molecule has 11 aromatic carbocycles. The van der Waals surface area contributed by atoms with E-state index >= 15 is 0 Å². The molecule has 2 aromatic heterocycles. The number of nitrogens with zero attached hydrogens (tertiary/aromatic N) is 1. The molecule has 0 saturated heterocycles. The number of anilines is 3. The van der Waals surface area contributed by atoms with E-state index in [1.807, 2.05) is 0 Å². The molecule has 3 nitrogen and oxygen atoms in total. The summed E-state index contributed by atoms with van der Waals surface area (Å²) in [6.45, 7) is 19.3. The largest absolute Gasteiger partial charge is 0.456 e. The number of rotatable bonds is 5. The Morgan fingerprint density at radius 2 is 0.679 bits per heavy atom. The van der Waals surface area contributed by atoms with Gasteiger partial charge in [-0.25, -0.2) is 0 Å². The minimum Gasteiger partial charge on any atom is -0.456 e. The molecule has 0 aliphatic heterocycles. The lowest BCUT2D eigenvalue weighted by Gasteiger charge is -2.31. The van der Waals surface area contributed by atoms with E-state index in [1.54, 1.807) is 0 Å². The number of furan rings is 2. The SMILES string of the molecule is CC1(C)c2cc(N(c3ccc4c(c3)C(C)(C)c3cc5c(cc3-4)C(C)(C)c3ccc4oc6ccccc6c4c3-5)c3ccc(-c4ccccc4)cc3-c3ccccc3)ccc2-c2cc3c(cc21)-c1c(ccc2oc4ccccc4c12)C3(C)C. The predicted octanol–water partition coefficient (Wildman–Crippen LogP) is 21.5. The maximum absolute atomic E-state index is 6.52. The Balaban J connectivity index is 0.850. The van der Waals surface area contributed by atoms with Crippen molar-refractivity contribution in [3.8, 4) is 66.8 Å². The molecule has 2 heterocycles. The van der Waals surface area contributed by atoms with Crippen LogP contribution in [0.15, 0.2) is 221 Å². The summed E-state index contributed by atoms with van der Waals surface area (Å²) in [5.41, 5.74) is 32.3. The fourth-order valence-electron chi connectivity index (χ4n) is 15.6. The molecule has 17 rings (SSSR count). The van der Waals surface area contributed by atoms with Crippen molar-refractivity contribution in [3.63, 3.8) is 0 Å². The van der Waals surface area contributed by atoms with E-state index in [4.69, 9.17) is 8.83 Å². The minimum absolute atomic E-state index is 0.196. The van der Waals surface area contributed by atoms with Crippen LogP contribution in [0.4, 0.5) is 17.1 Å². The summed E-state index contributed by atoms with van der Waals surface area (Å²) < 4.78 is 13.0. The molecule has 81 heavy (non-hydrogen) atoms. The Labute approximate surface area is 472 Å². The van der Waals surface area contributed by atoms with Crippen molar-refractivity contribution in [2.75, 3.05) is 4.90 Å². The van der Waals surface area contributed by atoms with Crippen molar-refractivity contribution in [1.29, 1.82) is 0 Å². The monoisotopic (exact) mass is 1040 g/mol. The van der Waals surface area contributed by atoms with Crippen molar-refractivity contribution in [1.82, 2.24) is 0 Å². The maximum atomic E-state index is 6.52. The van der Waals surface area contributed by atoms with E-state index in [0.717, 1.165) is 39.4 Å². The van der Waals surface area contributed by atoms with Crippen LogP contribution in [0.5, 0.6) is 0 Å². The molecule has 388 valence electrons. The third-order valence-electron chi connectivity index (χ3n) is 19.9. The molecule has 4 aliphatic carbocycles. The molecular weight excluding hydrogens is 983 g/mol. The standard InChI is InChI=1S/C78H59NO2/c1-75(2)58-32-35-69-73(51-23-15-17-25-67(51)80-69)71(58)56-42-62-54(40-64(56)75)49-30-28-47(38-60(49)77(62,5)6)79(66-34-27-46(44-19-11-9-12-20-44)37-53(66)45-21-13-10-14-22-45)48-29-31-50-55-41-65-57(43-63(55)78(7,8)61(50)39-48)72-59(76(65,3)4)33-36-70-74(72)52-24-16-18-26-68(52)81-70/h9-43H,1-8H3. The van der Waals surface area contributed by atoms with E-state index in [1.165, 1.54) is 133 Å². The van der Waals surface area contributed by atoms with Gasteiger partial charge in [0.05, 0.1) is 5.69 Å². The van der Waals surface area contributed by atoms with Gasteiger partial charge in [0.15, 0.2) is 0 Å². The molecule has 4 aliphatic rings. The van der Waals surface area contributed by atoms with Gasteiger partial charge in [-0.3, -0.25) is 0 Å². The van der Waals surface area contributed by atoms with E-state index in [9.17, 15) is 0 Å². The molecule has 0 amide bonds. The highest BCUT2D eigenvalue weighted by atomic mass is 16.3. The molecule has 0 saturated carbocycles. The van der Waals surface area contributed by atoms with Gasteiger partial charge < -0.3 is 13.7 Å². The summed E-state index contributed by atoms with van der Waals surface area (Å²) in [6.07, 6.45) is 0. The van der Waals surface area contributed by atoms with E-state index in [0.29, 0.717) is 0 Å². The lowest BCUT2D eigenvalue weighted by Crippen LogP contribution is -2.18. The van der Waals surface area contributed by atoms with Crippen LogP contribution in [0.1, 0.15) is 99.9 Å². The first-order chi connectivity index (χ1) is 39.2. The van der Waals surface area contributed by atoms with Crippen LogP contribution >= 0.6 is 0 Å². The fraction of sp³-hybridized carbons (Fsp3) is 0.154. The van der Waals surface area contributed by atoms with Crippen molar-refractivity contribution >= 4 is 60.9 Å². The summed E-state index contributed by atoms with van der Waals surface area (Å²) in [4.78, 5) is 2.55. The first kappa shape index (κ1) is 46.7. The second kappa shape index (κ2) is 15.8. The van der Waals surface area contributed by atoms with Crippen LogP contribution in [0.25, 0.3) is 111 Å². The Bertz CT molecular complexity index is 4670. The Morgan fingerprint density at radius 1 is 0.272 bits per heavy atom. The smallest absolute Gasteiger partial charge is 0.136 e. The average Bonchev–Trinajstić information content (AvgIpc) is 1.98. The normalized spacial score (nSPS) is 15.8. The summed E-state index contributed by atoms with van der Waals surface area (Å²) in [7, 11) is 0. The van der Waals surface area contributed by atoms with Crippen LogP contribution in [0.2, 0.25) is 0 Å². The third-order valence-corrected chi connectivity index (χ3v) is 19.9. The summed E-state index contributed by atoms with van der Waals surface area (Å²) in [5.74, 6) is 0. The first-order valence-electron chi connectivity index (χ1n) is 28.8. The zero-order valence-electron chi connectivity index (χ0n) is 47.0. The van der Waals surface area contributed by atoms with Crippen LogP contribution < -0.4 is 4.90 Å². The van der Waals surface area contributed by atoms with Gasteiger partial charge in [-0.2, -0.15) is 0 Å². The number of hydrogen-bond acceptors (Lipinski definition) is 3. The molecule has 0 bridgehead atoms. The van der Waals surface area contributed by atoms with E-state index in [2.05, 4.69) is 273 Å². The Kier molecular flexibility index (Phi) is 9.11. The number of benzene rings is 11. The molecular formula is C78H59NO2. The predicted molar refractivity (Wildman–Crippen MR) is 337 cm³/mol. The number of fused-ring (bicyclic) bond motifs is 20. The van der Waals surface area contributed by atoms with Gasteiger partial charge >= 0.3 is 0 Å². The van der Waals surface area contributed by atoms with Gasteiger partial charge in [0.25, 0.3) is 0 Å². The molecule has 0 N–H and O–H groups in total. The maximum Gasteiger partial charge on any atom is 0.136 e. The highest BCUT2D eigenvalue weighted by molar-refractivity contribution is 6.17. The zero-order valence-corrected chi connectivity index (χ0v) is 47.0. The van der Waals surface area contributed by atoms with Crippen molar-refractivity contribution in [3.05, 3.63) is 257 Å². The van der Waals surface area contributed by atoms with Gasteiger partial charge in [0.2, 0.25) is 0 Å². The Morgan fingerprint density at radius 3 is 1.17 bits per heavy atom. The van der Waals surface area contributed by atoms with Crippen molar-refractivity contribution in [2.24, 2.45) is 0 Å². The highest BCUT2D eigenvalue weighted by Crippen LogP contribution is 2.61. The second-order valence-electron chi connectivity index (χ2n) is 25.6. The van der Waals surface area contributed by atoms with E-state index in [-0.39, 0.29) is 21.7 Å². The first-order valence-corrected chi connectivity index (χ1v) is 28.8. The number of hydrogen-bond donors (Lipinski definition) is 0. The van der Waals surface area contributed by atoms with Crippen LogP contribution in [-0.2, 0) is 21.7 Å². The van der Waals surface area contributed by atoms with Crippen LogP contribution in [-0.4, -0.2) is 0 Å². The molecule has 0 spiro atoms. The average molecular weight is 1040 g/mol. The van der Waals surface area contributed by atoms with Crippen molar-refractivity contribution in [2.45, 2.75) is 77.0 Å². The third kappa shape index (κ3) is 6.14. The second-order valence-corrected chi connectivity index (χ2v) is 25.6. The topological polar surface area (TPSA) is 29.5 Å². The zero-order chi connectivity index (χ0) is 54.6. The lowest BCUT2D eigenvalue weighted by molar-refractivity contribution is 0.650. The van der Waals surface area contributed by atoms with Crippen LogP contribution in [0, 0.1) is 0 Å². The molecule has 3 heteroatoms. The minimum atomic E-state index is -0.303. The molecule has 0 atom stereocenters. The fourth-order valence-corrected chi connectivity index (χ4v) is 15.6. The van der Waals surface area contributed by atoms with Crippen molar-refractivity contribution < 1.29 is 8.83 Å². The Hall–Kier alpha value is -9.18. The molecule has 0 radical (unpaired) electrons. The van der Waals surface area contributed by atoms with Crippen LogP contribution in [0.3, 0.4) is 0 Å². The number of para-hydroxylation sites is 2. The van der Waals surface area contributed by atoms with Gasteiger partial charge in [-0.15, -0.1) is 0 Å². The van der Waals surface area contributed by atoms with Gasteiger partial charge in [-0.05, 0) is 191 Å². The van der Waals surface area contributed by atoms with Gasteiger partial charge in [-0.1, -0.05) is 183 Å². The summed E-state index contributed by atoms with van der Waals surface area (Å²) >= 11 is 0. The molecule has 0 unspecified atom stereocenters. The molecule has 0 fully saturated rings. The van der Waals surface area contributed by atoms with Gasteiger partial charge in [0, 0.05) is 60.1 Å². The highest BCUT2D eigenvalue weighted by Gasteiger charge is 2.45. The van der Waals surface area contributed by atoms with Gasteiger partial charge in [0.1, 0.15) is 22.3 Å². The lowest BCUT2D eigenvalue weighted by atomic mass is 9.79. The van der Waals surface area contributed by atoms with E-state index < -0.39 is 0 Å². The summed E-state index contributed by atoms with van der Waals surface area (Å²) in [6, 6.07) is 79.7. The molecule has 13 aromatic rings.